The van der Waals surface area contributed by atoms with Crippen molar-refractivity contribution >= 4 is 21.6 Å². The molecule has 0 fully saturated rings. The highest BCUT2D eigenvalue weighted by Gasteiger charge is 2.19. The molecule has 0 unspecified atom stereocenters. The van der Waals surface area contributed by atoms with Gasteiger partial charge in [0.05, 0.1) is 11.4 Å². The molecule has 0 aliphatic carbocycles. The molecule has 0 spiro atoms. The molecule has 1 aromatic heterocycles. The van der Waals surface area contributed by atoms with E-state index >= 15 is 0 Å². The van der Waals surface area contributed by atoms with E-state index in [1.807, 2.05) is 0 Å². The van der Waals surface area contributed by atoms with E-state index in [-0.39, 0.29) is 0 Å². The van der Waals surface area contributed by atoms with E-state index in [1.54, 1.807) is 0 Å². The second-order valence-corrected chi connectivity index (χ2v) is 6.42. The minimum atomic E-state index is 0.963. The van der Waals surface area contributed by atoms with Gasteiger partial charge in [-0.2, -0.15) is 0 Å². The summed E-state index contributed by atoms with van der Waals surface area (Å²) in [6.07, 6.45) is 2.30. The third-order valence-corrected chi connectivity index (χ3v) is 4.52. The van der Waals surface area contributed by atoms with Crippen molar-refractivity contribution in [2.24, 2.45) is 0 Å². The van der Waals surface area contributed by atoms with Crippen LogP contribution in [0.4, 0.5) is 5.69 Å². The quantitative estimate of drug-likeness (QED) is 0.810. The van der Waals surface area contributed by atoms with Crippen LogP contribution in [0.5, 0.6) is 0 Å². The second-order valence-electron chi connectivity index (χ2n) is 5.51. The van der Waals surface area contributed by atoms with E-state index in [2.05, 4.69) is 65.0 Å². The van der Waals surface area contributed by atoms with Crippen molar-refractivity contribution in [3.63, 3.8) is 0 Å². The largest absolute Gasteiger partial charge is 0.366 e. The molecule has 0 radical (unpaired) electrons. The van der Waals surface area contributed by atoms with Gasteiger partial charge in [0.15, 0.2) is 0 Å². The Bertz CT molecular complexity index is 620. The molecule has 0 amide bonds. The van der Waals surface area contributed by atoms with Gasteiger partial charge in [0.1, 0.15) is 0 Å². The average molecular weight is 331 g/mol. The van der Waals surface area contributed by atoms with Gasteiger partial charge in [-0.15, -0.1) is 0 Å². The minimum Gasteiger partial charge on any atom is -0.366 e. The Morgan fingerprint density at radius 2 is 1.95 bits per heavy atom. The summed E-state index contributed by atoms with van der Waals surface area (Å²) in [5.41, 5.74) is 6.37. The maximum absolute atomic E-state index is 4.77. The molecule has 1 aromatic carbocycles. The van der Waals surface area contributed by atoms with E-state index in [0.717, 1.165) is 29.7 Å². The predicted molar refractivity (Wildman–Crippen MR) is 87.2 cm³/mol. The highest BCUT2D eigenvalue weighted by Crippen LogP contribution is 2.29. The summed E-state index contributed by atoms with van der Waals surface area (Å²) in [6.45, 7) is 6.33. The fourth-order valence-corrected chi connectivity index (χ4v) is 3.00. The van der Waals surface area contributed by atoms with Crippen LogP contribution in [0.2, 0.25) is 0 Å². The maximum Gasteiger partial charge on any atom is 0.0640 e. The Balaban J connectivity index is 1.89. The molecule has 1 aliphatic heterocycles. The van der Waals surface area contributed by atoms with Gasteiger partial charge in [0.25, 0.3) is 0 Å². The number of rotatable bonds is 2. The molecule has 0 saturated carbocycles. The summed E-state index contributed by atoms with van der Waals surface area (Å²) in [5.74, 6) is 0. The Hall–Kier alpha value is -1.35. The molecule has 3 heteroatoms. The molecule has 0 N–H and O–H groups in total. The predicted octanol–water partition coefficient (Wildman–Crippen LogP) is 4.41. The van der Waals surface area contributed by atoms with Crippen LogP contribution in [0.15, 0.2) is 34.8 Å². The number of hydrogen-bond acceptors (Lipinski definition) is 2. The number of aryl methyl sites for hydroxylation is 3. The smallest absolute Gasteiger partial charge is 0.0640 e. The number of fused-ring (bicyclic) bond motifs is 1. The molecule has 2 heterocycles. The lowest BCUT2D eigenvalue weighted by molar-refractivity contribution is 0.674. The van der Waals surface area contributed by atoms with Gasteiger partial charge in [0, 0.05) is 23.3 Å². The van der Waals surface area contributed by atoms with Crippen molar-refractivity contribution in [3.05, 3.63) is 57.3 Å². The third kappa shape index (κ3) is 2.73. The molecule has 1 aliphatic rings. The zero-order chi connectivity index (χ0) is 14.1. The van der Waals surface area contributed by atoms with Crippen LogP contribution < -0.4 is 4.90 Å². The molecule has 0 atom stereocenters. The van der Waals surface area contributed by atoms with Crippen molar-refractivity contribution in [2.75, 3.05) is 11.4 Å². The molecule has 2 nitrogen and oxygen atoms in total. The van der Waals surface area contributed by atoms with Crippen molar-refractivity contribution in [1.29, 1.82) is 0 Å². The van der Waals surface area contributed by atoms with E-state index < -0.39 is 0 Å². The minimum absolute atomic E-state index is 0.963. The van der Waals surface area contributed by atoms with Gasteiger partial charge in [-0.3, -0.25) is 4.98 Å². The van der Waals surface area contributed by atoms with E-state index in [9.17, 15) is 0 Å². The van der Waals surface area contributed by atoms with Crippen molar-refractivity contribution < 1.29 is 0 Å². The Kier molecular flexibility index (Phi) is 3.79. The monoisotopic (exact) mass is 330 g/mol. The molecule has 0 saturated heterocycles. The molecular formula is C17H19BrN2. The maximum atomic E-state index is 4.77. The first-order chi connectivity index (χ1) is 9.63. The topological polar surface area (TPSA) is 16.1 Å². The normalized spacial score (nSPS) is 14.2. The fourth-order valence-electron chi connectivity index (χ4n) is 2.73. The van der Waals surface area contributed by atoms with Gasteiger partial charge in [0.2, 0.25) is 0 Å². The number of nitrogens with zero attached hydrogens (tertiary/aromatic N) is 2. The summed E-state index contributed by atoms with van der Waals surface area (Å²) in [4.78, 5) is 7.23. The average Bonchev–Trinajstić information content (AvgIpc) is 2.43. The number of halogens is 1. The van der Waals surface area contributed by atoms with Gasteiger partial charge in [-0.05, 0) is 56.0 Å². The highest BCUT2D eigenvalue weighted by atomic mass is 79.9. The summed E-state index contributed by atoms with van der Waals surface area (Å²) >= 11 is 3.49. The van der Waals surface area contributed by atoms with Gasteiger partial charge < -0.3 is 4.90 Å². The zero-order valence-electron chi connectivity index (χ0n) is 12.0. The van der Waals surface area contributed by atoms with Crippen molar-refractivity contribution in [1.82, 2.24) is 4.98 Å². The van der Waals surface area contributed by atoms with Crippen LogP contribution in [-0.4, -0.2) is 11.5 Å². The third-order valence-electron chi connectivity index (χ3n) is 3.99. The summed E-state index contributed by atoms with van der Waals surface area (Å²) < 4.78 is 1.13. The van der Waals surface area contributed by atoms with Crippen LogP contribution in [0.1, 0.15) is 28.9 Å². The standard InChI is InChI=1S/C17H19BrN2/c1-12-10-17-16(19-13(12)2)4-3-9-20(17)11-14-5-7-15(18)8-6-14/h5-8,10H,3-4,9,11H2,1-2H3. The summed E-state index contributed by atoms with van der Waals surface area (Å²) in [5, 5.41) is 0. The zero-order valence-corrected chi connectivity index (χ0v) is 13.6. The van der Waals surface area contributed by atoms with Crippen LogP contribution in [0, 0.1) is 13.8 Å². The van der Waals surface area contributed by atoms with Crippen LogP contribution in [0.3, 0.4) is 0 Å². The second kappa shape index (κ2) is 5.57. The lowest BCUT2D eigenvalue weighted by atomic mass is 10.0. The van der Waals surface area contributed by atoms with Crippen molar-refractivity contribution in [3.8, 4) is 0 Å². The molecular weight excluding hydrogens is 312 g/mol. The molecule has 104 valence electrons. The van der Waals surface area contributed by atoms with Gasteiger partial charge >= 0.3 is 0 Å². The van der Waals surface area contributed by atoms with E-state index in [4.69, 9.17) is 4.98 Å². The Morgan fingerprint density at radius 1 is 1.20 bits per heavy atom. The van der Waals surface area contributed by atoms with E-state index in [0.29, 0.717) is 0 Å². The van der Waals surface area contributed by atoms with Gasteiger partial charge in [-0.25, -0.2) is 0 Å². The number of benzene rings is 1. The number of pyridine rings is 1. The number of anilines is 1. The summed E-state index contributed by atoms with van der Waals surface area (Å²) in [6, 6.07) is 10.9. The summed E-state index contributed by atoms with van der Waals surface area (Å²) in [7, 11) is 0. The first-order valence-electron chi connectivity index (χ1n) is 7.10. The van der Waals surface area contributed by atoms with Crippen LogP contribution >= 0.6 is 15.9 Å². The van der Waals surface area contributed by atoms with Crippen LogP contribution in [-0.2, 0) is 13.0 Å². The Labute approximate surface area is 129 Å². The van der Waals surface area contributed by atoms with Gasteiger partial charge in [-0.1, -0.05) is 28.1 Å². The lowest BCUT2D eigenvalue weighted by Crippen LogP contribution is -2.29. The van der Waals surface area contributed by atoms with Crippen LogP contribution in [0.25, 0.3) is 0 Å². The van der Waals surface area contributed by atoms with Crippen molar-refractivity contribution in [2.45, 2.75) is 33.2 Å². The number of aromatic nitrogens is 1. The van der Waals surface area contributed by atoms with E-state index in [1.165, 1.54) is 28.9 Å². The molecule has 3 rings (SSSR count). The lowest BCUT2D eigenvalue weighted by Gasteiger charge is -2.31. The first kappa shape index (κ1) is 13.6. The highest BCUT2D eigenvalue weighted by molar-refractivity contribution is 9.10. The number of hydrogen-bond donors (Lipinski definition) is 0. The molecule has 2 aromatic rings. The Morgan fingerprint density at radius 3 is 2.70 bits per heavy atom. The SMILES string of the molecule is Cc1cc2c(nc1C)CCCN2Cc1ccc(Br)cc1. The fraction of sp³-hybridized carbons (Fsp3) is 0.353. The first-order valence-corrected chi connectivity index (χ1v) is 7.89. The molecule has 0 bridgehead atoms. The molecule has 20 heavy (non-hydrogen) atoms.